The van der Waals surface area contributed by atoms with Gasteiger partial charge in [0.2, 0.25) is 0 Å². The summed E-state index contributed by atoms with van der Waals surface area (Å²) in [6.07, 6.45) is 0. The molecule has 0 radical (unpaired) electrons. The van der Waals surface area contributed by atoms with Gasteiger partial charge in [-0.2, -0.15) is 0 Å². The van der Waals surface area contributed by atoms with E-state index in [-0.39, 0.29) is 6.79 Å². The number of esters is 1. The van der Waals surface area contributed by atoms with E-state index in [1.54, 1.807) is 19.1 Å². The minimum atomic E-state index is -0.464. The van der Waals surface area contributed by atoms with E-state index in [4.69, 9.17) is 24.7 Å². The number of carbonyl (C=O) groups excluding carboxylic acids is 1. The van der Waals surface area contributed by atoms with Crippen LogP contribution >= 0.6 is 0 Å². The minimum Gasteiger partial charge on any atom is -0.492 e. The molecule has 0 aliphatic carbocycles. The third kappa shape index (κ3) is 4.11. The van der Waals surface area contributed by atoms with E-state index in [0.29, 0.717) is 35.8 Å². The van der Waals surface area contributed by atoms with Crippen molar-refractivity contribution in [1.82, 2.24) is 0 Å². The molecular formula is C13H19NO5. The first-order valence-corrected chi connectivity index (χ1v) is 5.81. The number of hydrogen-bond donors (Lipinski definition) is 1. The van der Waals surface area contributed by atoms with Gasteiger partial charge in [0, 0.05) is 19.7 Å². The van der Waals surface area contributed by atoms with E-state index in [0.717, 1.165) is 0 Å². The predicted octanol–water partition coefficient (Wildman–Crippen LogP) is 1.10. The number of carbonyl (C=O) groups is 1. The van der Waals surface area contributed by atoms with Crippen molar-refractivity contribution in [3.05, 3.63) is 23.3 Å². The van der Waals surface area contributed by atoms with Gasteiger partial charge >= 0.3 is 5.97 Å². The number of nitrogens with two attached hydrogens (primary N) is 1. The summed E-state index contributed by atoms with van der Waals surface area (Å²) in [5, 5.41) is 0. The second kappa shape index (κ2) is 7.60. The lowest BCUT2D eigenvalue weighted by molar-refractivity contribution is 0.0462. The highest BCUT2D eigenvalue weighted by Gasteiger charge is 2.18. The molecule has 1 aromatic rings. The first-order valence-electron chi connectivity index (χ1n) is 5.81. The van der Waals surface area contributed by atoms with Crippen LogP contribution in [-0.2, 0) is 9.47 Å². The second-order valence-electron chi connectivity index (χ2n) is 3.79. The van der Waals surface area contributed by atoms with Crippen LogP contribution < -0.4 is 15.2 Å². The van der Waals surface area contributed by atoms with Crippen molar-refractivity contribution >= 4 is 5.97 Å². The maximum atomic E-state index is 11.7. The van der Waals surface area contributed by atoms with Crippen molar-refractivity contribution in [3.8, 4) is 11.5 Å². The molecule has 19 heavy (non-hydrogen) atoms. The highest BCUT2D eigenvalue weighted by molar-refractivity contribution is 5.94. The topological polar surface area (TPSA) is 80.0 Å². The second-order valence-corrected chi connectivity index (χ2v) is 3.79. The van der Waals surface area contributed by atoms with Crippen molar-refractivity contribution in [1.29, 1.82) is 0 Å². The summed E-state index contributed by atoms with van der Waals surface area (Å²) >= 11 is 0. The Labute approximate surface area is 112 Å². The maximum Gasteiger partial charge on any atom is 0.341 e. The normalized spacial score (nSPS) is 10.1. The molecule has 0 fully saturated rings. The van der Waals surface area contributed by atoms with Crippen LogP contribution in [0, 0.1) is 6.92 Å². The summed E-state index contributed by atoms with van der Waals surface area (Å²) < 4.78 is 20.4. The molecule has 0 spiro atoms. The van der Waals surface area contributed by atoms with Crippen molar-refractivity contribution < 1.29 is 23.7 Å². The molecule has 1 aromatic carbocycles. The fraction of sp³-hybridized carbons (Fsp3) is 0.462. The Balaban J connectivity index is 3.10. The molecule has 0 amide bonds. The number of ether oxygens (including phenoxy) is 4. The van der Waals surface area contributed by atoms with Crippen molar-refractivity contribution in [2.45, 2.75) is 6.92 Å². The fourth-order valence-corrected chi connectivity index (χ4v) is 1.58. The van der Waals surface area contributed by atoms with Crippen LogP contribution in [0.4, 0.5) is 0 Å². The van der Waals surface area contributed by atoms with E-state index in [1.165, 1.54) is 14.2 Å². The van der Waals surface area contributed by atoms with Crippen LogP contribution in [0.5, 0.6) is 11.5 Å². The van der Waals surface area contributed by atoms with Gasteiger partial charge in [-0.3, -0.25) is 0 Å². The largest absolute Gasteiger partial charge is 0.492 e. The van der Waals surface area contributed by atoms with Gasteiger partial charge in [0.15, 0.2) is 6.79 Å². The van der Waals surface area contributed by atoms with E-state index >= 15 is 0 Å². The summed E-state index contributed by atoms with van der Waals surface area (Å²) in [6.45, 7) is 2.61. The van der Waals surface area contributed by atoms with Gasteiger partial charge in [0.05, 0.1) is 7.11 Å². The molecule has 0 aromatic heterocycles. The van der Waals surface area contributed by atoms with Gasteiger partial charge in [0.25, 0.3) is 0 Å². The number of hydrogen-bond acceptors (Lipinski definition) is 6. The third-order valence-electron chi connectivity index (χ3n) is 2.38. The molecule has 0 atom stereocenters. The summed E-state index contributed by atoms with van der Waals surface area (Å²) in [5.74, 6) is 0.483. The molecule has 1 rings (SSSR count). The SMILES string of the molecule is COCOc1cc(OCCN)cc(C)c1C(=O)OC. The van der Waals surface area contributed by atoms with Gasteiger partial charge in [-0.1, -0.05) is 0 Å². The van der Waals surface area contributed by atoms with Crippen LogP contribution in [0.25, 0.3) is 0 Å². The average molecular weight is 269 g/mol. The van der Waals surface area contributed by atoms with E-state index < -0.39 is 5.97 Å². The molecule has 6 heteroatoms. The van der Waals surface area contributed by atoms with Crippen LogP contribution in [0.15, 0.2) is 12.1 Å². The van der Waals surface area contributed by atoms with Crippen LogP contribution in [0.1, 0.15) is 15.9 Å². The highest BCUT2D eigenvalue weighted by atomic mass is 16.7. The monoisotopic (exact) mass is 269 g/mol. The molecule has 2 N–H and O–H groups in total. The standard InChI is InChI=1S/C13H19NO5/c1-9-6-10(18-5-4-14)7-11(19-8-16-2)12(9)13(15)17-3/h6-7H,4-5,8,14H2,1-3H3. The molecule has 0 heterocycles. The summed E-state index contributed by atoms with van der Waals surface area (Å²) in [7, 11) is 2.82. The molecule has 0 aliphatic rings. The summed E-state index contributed by atoms with van der Waals surface area (Å²) in [4.78, 5) is 11.7. The first-order chi connectivity index (χ1) is 9.13. The van der Waals surface area contributed by atoms with E-state index in [9.17, 15) is 4.79 Å². The van der Waals surface area contributed by atoms with Gasteiger partial charge in [-0.15, -0.1) is 0 Å². The molecule has 0 unspecified atom stereocenters. The van der Waals surface area contributed by atoms with E-state index in [2.05, 4.69) is 0 Å². The average Bonchev–Trinajstić information content (AvgIpc) is 2.41. The Morgan fingerprint density at radius 1 is 1.26 bits per heavy atom. The quantitative estimate of drug-likeness (QED) is 0.590. The Morgan fingerprint density at radius 3 is 2.58 bits per heavy atom. The van der Waals surface area contributed by atoms with E-state index in [1.807, 2.05) is 0 Å². The lowest BCUT2D eigenvalue weighted by atomic mass is 10.1. The minimum absolute atomic E-state index is 0.0315. The lowest BCUT2D eigenvalue weighted by Crippen LogP contribution is -2.13. The summed E-state index contributed by atoms with van der Waals surface area (Å²) in [6, 6.07) is 3.36. The Bertz CT molecular complexity index is 433. The number of aryl methyl sites for hydroxylation is 1. The summed E-state index contributed by atoms with van der Waals surface area (Å²) in [5.41, 5.74) is 6.44. The fourth-order valence-electron chi connectivity index (χ4n) is 1.58. The lowest BCUT2D eigenvalue weighted by Gasteiger charge is -2.14. The Kier molecular flexibility index (Phi) is 6.11. The molecule has 0 aliphatic heterocycles. The van der Waals surface area contributed by atoms with Crippen LogP contribution in [-0.4, -0.2) is 40.1 Å². The van der Waals surface area contributed by atoms with Gasteiger partial charge in [-0.25, -0.2) is 4.79 Å². The van der Waals surface area contributed by atoms with Crippen LogP contribution in [0.2, 0.25) is 0 Å². The zero-order chi connectivity index (χ0) is 14.3. The predicted molar refractivity (Wildman–Crippen MR) is 69.6 cm³/mol. The molecule has 0 saturated heterocycles. The highest BCUT2D eigenvalue weighted by Crippen LogP contribution is 2.29. The first kappa shape index (κ1) is 15.3. The van der Waals surface area contributed by atoms with Gasteiger partial charge in [-0.05, 0) is 18.6 Å². The van der Waals surface area contributed by atoms with Crippen molar-refractivity contribution in [2.24, 2.45) is 5.73 Å². The molecule has 106 valence electrons. The molecule has 0 bridgehead atoms. The number of benzene rings is 1. The zero-order valence-electron chi connectivity index (χ0n) is 11.4. The van der Waals surface area contributed by atoms with Gasteiger partial charge in [0.1, 0.15) is 23.7 Å². The number of rotatable bonds is 7. The smallest absolute Gasteiger partial charge is 0.341 e. The van der Waals surface area contributed by atoms with Crippen molar-refractivity contribution in [3.63, 3.8) is 0 Å². The molecule has 6 nitrogen and oxygen atoms in total. The van der Waals surface area contributed by atoms with Crippen molar-refractivity contribution in [2.75, 3.05) is 34.2 Å². The van der Waals surface area contributed by atoms with Crippen LogP contribution in [0.3, 0.4) is 0 Å². The zero-order valence-corrected chi connectivity index (χ0v) is 11.4. The van der Waals surface area contributed by atoms with Gasteiger partial charge < -0.3 is 24.7 Å². The molecule has 0 saturated carbocycles. The Hall–Kier alpha value is -1.79. The maximum absolute atomic E-state index is 11.7. The third-order valence-corrected chi connectivity index (χ3v) is 2.38. The number of methoxy groups -OCH3 is 2. The Morgan fingerprint density at radius 2 is 2.00 bits per heavy atom. The molecular weight excluding hydrogens is 250 g/mol.